The van der Waals surface area contributed by atoms with E-state index in [0.717, 1.165) is 34.5 Å². The molecular weight excluding hydrogens is 378 g/mol. The molecule has 2 aliphatic heterocycles. The summed E-state index contributed by atoms with van der Waals surface area (Å²) in [6, 6.07) is 7.44. The summed E-state index contributed by atoms with van der Waals surface area (Å²) in [6.45, 7) is 8.11. The molecule has 3 aromatic rings. The molecule has 30 heavy (non-hydrogen) atoms. The van der Waals surface area contributed by atoms with Gasteiger partial charge in [-0.3, -0.25) is 14.3 Å². The number of rotatable bonds is 2. The fourth-order valence-electron chi connectivity index (χ4n) is 5.16. The van der Waals surface area contributed by atoms with Gasteiger partial charge in [-0.05, 0) is 37.3 Å². The van der Waals surface area contributed by atoms with Crippen LogP contribution in [-0.2, 0) is 13.6 Å². The molecule has 156 valence electrons. The molecule has 2 atom stereocenters. The van der Waals surface area contributed by atoms with E-state index in [9.17, 15) is 9.59 Å². The van der Waals surface area contributed by atoms with Crippen molar-refractivity contribution in [3.8, 4) is 0 Å². The van der Waals surface area contributed by atoms with Crippen LogP contribution in [0.5, 0.6) is 0 Å². The number of amides is 1. The minimum Gasteiger partial charge on any atom is -0.338 e. The Morgan fingerprint density at radius 2 is 2.00 bits per heavy atom. The normalized spacial score (nSPS) is 20.6. The van der Waals surface area contributed by atoms with Gasteiger partial charge in [0.15, 0.2) is 5.65 Å². The fourth-order valence-corrected chi connectivity index (χ4v) is 5.16. The summed E-state index contributed by atoms with van der Waals surface area (Å²) in [6.07, 6.45) is 1.03. The molecule has 2 bridgehead atoms. The van der Waals surface area contributed by atoms with Gasteiger partial charge in [0.1, 0.15) is 0 Å². The average Bonchev–Trinajstić information content (AvgIpc) is 3.01. The zero-order chi connectivity index (χ0) is 21.2. The van der Waals surface area contributed by atoms with E-state index in [2.05, 4.69) is 18.9 Å². The maximum atomic E-state index is 13.8. The molecule has 1 saturated heterocycles. The fraction of sp³-hybridized carbons (Fsp3) is 0.478. The molecule has 0 saturated carbocycles. The van der Waals surface area contributed by atoms with Crippen LogP contribution in [-0.4, -0.2) is 43.2 Å². The van der Waals surface area contributed by atoms with E-state index in [0.29, 0.717) is 31.1 Å². The number of pyridine rings is 2. The summed E-state index contributed by atoms with van der Waals surface area (Å²) < 4.78 is 3.66. The number of aromatic nitrogens is 4. The van der Waals surface area contributed by atoms with Crippen molar-refractivity contribution >= 4 is 16.9 Å². The third-order valence-corrected chi connectivity index (χ3v) is 6.58. The Kier molecular flexibility index (Phi) is 4.31. The Morgan fingerprint density at radius 1 is 1.20 bits per heavy atom. The average molecular weight is 406 g/mol. The van der Waals surface area contributed by atoms with E-state index in [1.54, 1.807) is 10.7 Å². The lowest BCUT2D eigenvalue weighted by Crippen LogP contribution is -2.49. The molecule has 0 aliphatic carbocycles. The summed E-state index contributed by atoms with van der Waals surface area (Å²) in [5.74, 6) is 0.766. The van der Waals surface area contributed by atoms with E-state index in [4.69, 9.17) is 4.98 Å². The number of carbonyl (C=O) groups is 1. The van der Waals surface area contributed by atoms with Gasteiger partial charge in [0.25, 0.3) is 11.5 Å². The second kappa shape index (κ2) is 6.79. The first-order chi connectivity index (χ1) is 14.3. The molecule has 7 heteroatoms. The number of hydrogen-bond donors (Lipinski definition) is 0. The summed E-state index contributed by atoms with van der Waals surface area (Å²) in [5, 5.41) is 5.37. The largest absolute Gasteiger partial charge is 0.338 e. The molecule has 7 nitrogen and oxygen atoms in total. The lowest BCUT2D eigenvalue weighted by Gasteiger charge is -2.42. The van der Waals surface area contributed by atoms with Crippen molar-refractivity contribution in [3.05, 3.63) is 57.3 Å². The molecule has 0 spiro atoms. The molecule has 0 unspecified atom stereocenters. The van der Waals surface area contributed by atoms with Gasteiger partial charge >= 0.3 is 0 Å². The minimum atomic E-state index is 0.0434. The Morgan fingerprint density at radius 3 is 2.77 bits per heavy atom. The number of piperidine rings is 1. The van der Waals surface area contributed by atoms with E-state index in [1.165, 1.54) is 0 Å². The predicted molar refractivity (Wildman–Crippen MR) is 115 cm³/mol. The van der Waals surface area contributed by atoms with Crippen LogP contribution in [0.2, 0.25) is 0 Å². The Balaban J connectivity index is 1.56. The molecule has 0 N–H and O–H groups in total. The second-order valence-corrected chi connectivity index (χ2v) is 9.07. The molecule has 0 radical (unpaired) electrons. The topological polar surface area (TPSA) is 73.0 Å². The minimum absolute atomic E-state index is 0.0434. The number of aryl methyl sites for hydroxylation is 2. The lowest BCUT2D eigenvalue weighted by atomic mass is 9.83. The molecule has 5 rings (SSSR count). The molecule has 3 aromatic heterocycles. The van der Waals surface area contributed by atoms with Crippen molar-refractivity contribution in [2.24, 2.45) is 13.0 Å². The number of likely N-dealkylation sites (tertiary alicyclic amines) is 1. The standard InChI is InChI=1S/C23H27N5O2/c1-13(2)18-9-17(21-14(3)25-26(4)22(21)24-18)23(30)27-10-15-8-16(12-27)19-6-5-7-20(29)28(19)11-15/h5-7,9,13,15-16H,8,10-12H2,1-4H3/t15-,16+/m1/s1. The van der Waals surface area contributed by atoms with Crippen LogP contribution in [0, 0.1) is 12.8 Å². The zero-order valence-electron chi connectivity index (χ0n) is 17.9. The van der Waals surface area contributed by atoms with Crippen LogP contribution in [0.3, 0.4) is 0 Å². The molecule has 5 heterocycles. The first-order valence-electron chi connectivity index (χ1n) is 10.7. The first-order valence-corrected chi connectivity index (χ1v) is 10.7. The Hall–Kier alpha value is -2.96. The van der Waals surface area contributed by atoms with Crippen LogP contribution in [0.15, 0.2) is 29.1 Å². The van der Waals surface area contributed by atoms with Crippen molar-refractivity contribution in [3.63, 3.8) is 0 Å². The van der Waals surface area contributed by atoms with Crippen molar-refractivity contribution < 1.29 is 4.79 Å². The summed E-state index contributed by atoms with van der Waals surface area (Å²) in [5.41, 5.74) is 4.30. The second-order valence-electron chi connectivity index (χ2n) is 9.07. The first kappa shape index (κ1) is 19.0. The number of fused-ring (bicyclic) bond motifs is 5. The smallest absolute Gasteiger partial charge is 0.254 e. The molecule has 2 aliphatic rings. The Labute approximate surface area is 175 Å². The molecule has 0 aromatic carbocycles. The summed E-state index contributed by atoms with van der Waals surface area (Å²) in [7, 11) is 1.88. The van der Waals surface area contributed by atoms with E-state index >= 15 is 0 Å². The van der Waals surface area contributed by atoms with Gasteiger partial charge in [-0.25, -0.2) is 4.98 Å². The zero-order valence-corrected chi connectivity index (χ0v) is 17.9. The third kappa shape index (κ3) is 2.87. The maximum absolute atomic E-state index is 13.8. The highest BCUT2D eigenvalue weighted by Crippen LogP contribution is 2.36. The van der Waals surface area contributed by atoms with Gasteiger partial charge in [0.2, 0.25) is 0 Å². The van der Waals surface area contributed by atoms with Crippen LogP contribution >= 0.6 is 0 Å². The van der Waals surface area contributed by atoms with E-state index < -0.39 is 0 Å². The van der Waals surface area contributed by atoms with Gasteiger partial charge in [0.05, 0.1) is 16.6 Å². The summed E-state index contributed by atoms with van der Waals surface area (Å²) in [4.78, 5) is 32.8. The van der Waals surface area contributed by atoms with Crippen LogP contribution in [0.4, 0.5) is 0 Å². The number of nitrogens with zero attached hydrogens (tertiary/aromatic N) is 5. The monoisotopic (exact) mass is 405 g/mol. The predicted octanol–water partition coefficient (Wildman–Crippen LogP) is 2.82. The lowest BCUT2D eigenvalue weighted by molar-refractivity contribution is 0.0596. The van der Waals surface area contributed by atoms with Crippen molar-refractivity contribution in [1.82, 2.24) is 24.2 Å². The van der Waals surface area contributed by atoms with Crippen LogP contribution < -0.4 is 5.56 Å². The van der Waals surface area contributed by atoms with E-state index in [-0.39, 0.29) is 23.3 Å². The van der Waals surface area contributed by atoms with Gasteiger partial charge < -0.3 is 9.47 Å². The van der Waals surface area contributed by atoms with Gasteiger partial charge in [-0.15, -0.1) is 0 Å². The number of hydrogen-bond acceptors (Lipinski definition) is 4. The van der Waals surface area contributed by atoms with Crippen LogP contribution in [0.1, 0.15) is 59.5 Å². The van der Waals surface area contributed by atoms with Crippen molar-refractivity contribution in [2.75, 3.05) is 13.1 Å². The van der Waals surface area contributed by atoms with Crippen molar-refractivity contribution in [2.45, 2.75) is 45.6 Å². The number of carbonyl (C=O) groups excluding carboxylic acids is 1. The third-order valence-electron chi connectivity index (χ3n) is 6.58. The van der Waals surface area contributed by atoms with Crippen LogP contribution in [0.25, 0.3) is 11.0 Å². The maximum Gasteiger partial charge on any atom is 0.254 e. The van der Waals surface area contributed by atoms with Gasteiger partial charge in [-0.2, -0.15) is 5.10 Å². The SMILES string of the molecule is Cc1nn(C)c2nc(C(C)C)cc(C(=O)N3C[C@H]4C[C@@H](C3)c3cccc(=O)n3C4)c12. The van der Waals surface area contributed by atoms with Gasteiger partial charge in [-0.1, -0.05) is 19.9 Å². The quantitative estimate of drug-likeness (QED) is 0.657. The highest BCUT2D eigenvalue weighted by Gasteiger charge is 2.37. The summed E-state index contributed by atoms with van der Waals surface area (Å²) >= 11 is 0. The highest BCUT2D eigenvalue weighted by molar-refractivity contribution is 6.06. The van der Waals surface area contributed by atoms with Gasteiger partial charge in [0, 0.05) is 50.1 Å². The molecular formula is C23H27N5O2. The molecule has 1 fully saturated rings. The highest BCUT2D eigenvalue weighted by atomic mass is 16.2. The molecule has 1 amide bonds. The Bertz CT molecular complexity index is 1220. The van der Waals surface area contributed by atoms with E-state index in [1.807, 2.05) is 41.6 Å². The van der Waals surface area contributed by atoms with Crippen molar-refractivity contribution in [1.29, 1.82) is 0 Å².